The zero-order valence-electron chi connectivity index (χ0n) is 20.4. The number of rotatable bonds is 7. The highest BCUT2D eigenvalue weighted by Gasteiger charge is 2.26. The van der Waals surface area contributed by atoms with Crippen molar-refractivity contribution < 1.29 is 14.3 Å². The Hall–Kier alpha value is -3.62. The van der Waals surface area contributed by atoms with Crippen LogP contribution in [0.2, 0.25) is 0 Å². The average molecular weight is 501 g/mol. The molecule has 0 bridgehead atoms. The van der Waals surface area contributed by atoms with E-state index >= 15 is 0 Å². The van der Waals surface area contributed by atoms with Gasteiger partial charge in [0.1, 0.15) is 0 Å². The van der Waals surface area contributed by atoms with Crippen molar-refractivity contribution in [3.8, 4) is 11.3 Å². The number of esters is 1. The van der Waals surface area contributed by atoms with E-state index in [-0.39, 0.29) is 6.61 Å². The van der Waals surface area contributed by atoms with Gasteiger partial charge in [-0.05, 0) is 26.0 Å². The Morgan fingerprint density at radius 3 is 2.72 bits per heavy atom. The summed E-state index contributed by atoms with van der Waals surface area (Å²) in [6.07, 6.45) is 1.83. The van der Waals surface area contributed by atoms with Gasteiger partial charge in [0.2, 0.25) is 0 Å². The molecule has 0 saturated carbocycles. The molecule has 2 aromatic heterocycles. The summed E-state index contributed by atoms with van der Waals surface area (Å²) in [5.74, 6) is -0.925. The topological polar surface area (TPSA) is 84.4 Å². The monoisotopic (exact) mass is 500 g/mol. The van der Waals surface area contributed by atoms with Crippen LogP contribution in [0.4, 0.5) is 5.13 Å². The molecule has 1 aliphatic rings. The predicted molar refractivity (Wildman–Crippen MR) is 142 cm³/mol. The smallest absolute Gasteiger partial charge is 0.339 e. The molecule has 1 amide bonds. The van der Waals surface area contributed by atoms with Crippen LogP contribution in [0.1, 0.15) is 40.5 Å². The van der Waals surface area contributed by atoms with E-state index in [0.29, 0.717) is 17.2 Å². The first-order valence-electron chi connectivity index (χ1n) is 12.1. The number of anilines is 1. The fraction of sp³-hybridized carbons (Fsp3) is 0.286. The van der Waals surface area contributed by atoms with Crippen LogP contribution in [-0.4, -0.2) is 46.4 Å². The molecular weight excluding hydrogens is 472 g/mol. The summed E-state index contributed by atoms with van der Waals surface area (Å²) in [4.78, 5) is 37.5. The number of ether oxygens (including phenoxy) is 1. The summed E-state index contributed by atoms with van der Waals surface area (Å²) in [7, 11) is 0. The third-order valence-electron chi connectivity index (χ3n) is 6.30. The van der Waals surface area contributed by atoms with E-state index in [4.69, 9.17) is 9.72 Å². The predicted octanol–water partition coefficient (Wildman–Crippen LogP) is 5.23. The van der Waals surface area contributed by atoms with Crippen LogP contribution in [0.3, 0.4) is 0 Å². The van der Waals surface area contributed by atoms with Gasteiger partial charge in [0.25, 0.3) is 5.91 Å². The molecule has 8 heteroatoms. The van der Waals surface area contributed by atoms with Gasteiger partial charge >= 0.3 is 5.97 Å². The molecule has 184 valence electrons. The second kappa shape index (κ2) is 10.6. The summed E-state index contributed by atoms with van der Waals surface area (Å²) >= 11 is 1.34. The molecule has 0 unspecified atom stereocenters. The van der Waals surface area contributed by atoms with Gasteiger partial charge in [0.05, 0.1) is 16.8 Å². The van der Waals surface area contributed by atoms with Gasteiger partial charge < -0.3 is 4.74 Å². The minimum absolute atomic E-state index is 0.387. The van der Waals surface area contributed by atoms with E-state index in [1.54, 1.807) is 0 Å². The molecule has 0 radical (unpaired) electrons. The van der Waals surface area contributed by atoms with Crippen LogP contribution < -0.4 is 5.32 Å². The lowest BCUT2D eigenvalue weighted by molar-refractivity contribution is -0.119. The third-order valence-corrected chi connectivity index (χ3v) is 7.06. The Morgan fingerprint density at radius 2 is 1.92 bits per heavy atom. The maximum Gasteiger partial charge on any atom is 0.339 e. The molecule has 0 atom stereocenters. The number of nitrogens with zero attached hydrogens (tertiary/aromatic N) is 3. The Labute approximate surface area is 214 Å². The summed E-state index contributed by atoms with van der Waals surface area (Å²) in [6, 6.07) is 15.6. The first-order chi connectivity index (χ1) is 17.5. The Kier molecular flexibility index (Phi) is 7.06. The van der Waals surface area contributed by atoms with E-state index in [1.807, 2.05) is 60.8 Å². The second-order valence-electron chi connectivity index (χ2n) is 8.98. The lowest BCUT2D eigenvalue weighted by atomic mass is 9.95. The third kappa shape index (κ3) is 5.15. The normalized spacial score (nSPS) is 13.4. The summed E-state index contributed by atoms with van der Waals surface area (Å²) < 4.78 is 5.52. The van der Waals surface area contributed by atoms with Crippen LogP contribution in [0, 0.1) is 6.92 Å². The Morgan fingerprint density at radius 1 is 1.11 bits per heavy atom. The van der Waals surface area contributed by atoms with E-state index in [1.165, 1.54) is 16.9 Å². The number of hydrogen-bond donors (Lipinski definition) is 1. The second-order valence-corrected chi connectivity index (χ2v) is 9.84. The van der Waals surface area contributed by atoms with Crippen LogP contribution in [0.15, 0.2) is 53.9 Å². The first-order valence-corrected chi connectivity index (χ1v) is 13.0. The van der Waals surface area contributed by atoms with Crippen molar-refractivity contribution >= 4 is 39.2 Å². The molecule has 5 rings (SSSR count). The highest BCUT2D eigenvalue weighted by atomic mass is 32.1. The molecular formula is C28H28N4O3S. The molecule has 36 heavy (non-hydrogen) atoms. The van der Waals surface area contributed by atoms with E-state index in [0.717, 1.165) is 59.3 Å². The number of amides is 1. The number of aryl methyl sites for hydroxylation is 1. The van der Waals surface area contributed by atoms with Crippen molar-refractivity contribution in [1.29, 1.82) is 0 Å². The lowest BCUT2D eigenvalue weighted by Crippen LogP contribution is -2.33. The van der Waals surface area contributed by atoms with Crippen LogP contribution in [0.25, 0.3) is 22.2 Å². The zero-order chi connectivity index (χ0) is 25.1. The highest BCUT2D eigenvalue weighted by molar-refractivity contribution is 7.14. The SMILES string of the molecule is CCCN1CCc2nc3ccccc3c(C(=O)OCC(=O)Nc3nc(-c4ccc(C)cc4)cs3)c2C1. The lowest BCUT2D eigenvalue weighted by Gasteiger charge is -2.29. The van der Waals surface area contributed by atoms with Gasteiger partial charge in [-0.1, -0.05) is 55.0 Å². The number of hydrogen-bond acceptors (Lipinski definition) is 7. The maximum atomic E-state index is 13.3. The first kappa shape index (κ1) is 24.1. The molecule has 1 N–H and O–H groups in total. The molecule has 0 aliphatic carbocycles. The fourth-order valence-electron chi connectivity index (χ4n) is 4.53. The molecule has 1 aliphatic heterocycles. The van der Waals surface area contributed by atoms with Gasteiger partial charge in [-0.25, -0.2) is 9.78 Å². The van der Waals surface area contributed by atoms with Crippen molar-refractivity contribution in [2.45, 2.75) is 33.2 Å². The maximum absolute atomic E-state index is 13.3. The van der Waals surface area contributed by atoms with Gasteiger partial charge in [-0.3, -0.25) is 20.0 Å². The largest absolute Gasteiger partial charge is 0.452 e. The van der Waals surface area contributed by atoms with Gasteiger partial charge in [-0.15, -0.1) is 11.3 Å². The summed E-state index contributed by atoms with van der Waals surface area (Å²) in [5, 5.41) is 5.86. The molecule has 2 aromatic carbocycles. The summed E-state index contributed by atoms with van der Waals surface area (Å²) in [5.41, 5.74) is 6.06. The summed E-state index contributed by atoms with van der Waals surface area (Å²) in [6.45, 7) is 6.32. The number of para-hydroxylation sites is 1. The molecule has 0 saturated heterocycles. The molecule has 3 heterocycles. The van der Waals surface area contributed by atoms with Crippen molar-refractivity contribution in [2.75, 3.05) is 25.0 Å². The zero-order valence-corrected chi connectivity index (χ0v) is 21.2. The Bertz CT molecular complexity index is 1410. The number of benzene rings is 2. The van der Waals surface area contributed by atoms with E-state index in [9.17, 15) is 9.59 Å². The van der Waals surface area contributed by atoms with Crippen molar-refractivity contribution in [3.05, 3.63) is 76.3 Å². The number of carbonyl (C=O) groups excluding carboxylic acids is 2. The van der Waals surface area contributed by atoms with Crippen molar-refractivity contribution in [1.82, 2.24) is 14.9 Å². The number of thiazole rings is 1. The van der Waals surface area contributed by atoms with Crippen LogP contribution in [0.5, 0.6) is 0 Å². The molecule has 7 nitrogen and oxygen atoms in total. The minimum atomic E-state index is -0.502. The fourth-order valence-corrected chi connectivity index (χ4v) is 5.27. The van der Waals surface area contributed by atoms with Gasteiger partial charge in [0, 0.05) is 47.1 Å². The number of pyridine rings is 1. The number of aromatic nitrogens is 2. The number of nitrogens with one attached hydrogen (secondary N) is 1. The molecule has 4 aromatic rings. The van der Waals surface area contributed by atoms with Gasteiger partial charge in [-0.2, -0.15) is 0 Å². The molecule has 0 spiro atoms. The van der Waals surface area contributed by atoms with E-state index in [2.05, 4.69) is 22.1 Å². The molecule has 0 fully saturated rings. The number of fused-ring (bicyclic) bond motifs is 2. The van der Waals surface area contributed by atoms with Gasteiger partial charge in [0.15, 0.2) is 11.7 Å². The standard InChI is InChI=1S/C28H28N4O3S/c1-3-13-32-14-12-23-21(15-32)26(20-6-4-5-7-22(20)29-23)27(34)35-16-25(33)31-28-30-24(17-36-28)19-10-8-18(2)9-11-19/h4-11,17H,3,12-16H2,1-2H3,(H,30,31,33). The minimum Gasteiger partial charge on any atom is -0.452 e. The highest BCUT2D eigenvalue weighted by Crippen LogP contribution is 2.29. The average Bonchev–Trinajstić information content (AvgIpc) is 3.35. The number of carbonyl (C=O) groups is 2. The van der Waals surface area contributed by atoms with Crippen molar-refractivity contribution in [2.24, 2.45) is 0 Å². The quantitative estimate of drug-likeness (QED) is 0.350. The van der Waals surface area contributed by atoms with E-state index < -0.39 is 11.9 Å². The van der Waals surface area contributed by atoms with Crippen molar-refractivity contribution in [3.63, 3.8) is 0 Å². The Balaban J connectivity index is 1.30. The van der Waals surface area contributed by atoms with Crippen LogP contribution in [-0.2, 0) is 22.5 Å². The van der Waals surface area contributed by atoms with Crippen LogP contribution >= 0.6 is 11.3 Å².